The summed E-state index contributed by atoms with van der Waals surface area (Å²) in [5, 5.41) is 0. The first-order valence-electron chi connectivity index (χ1n) is 5.81. The minimum absolute atomic E-state index is 0.000981. The Balaban J connectivity index is 2.45. The van der Waals surface area contributed by atoms with Crippen LogP contribution in [-0.4, -0.2) is 48.4 Å². The molecule has 0 aliphatic carbocycles. The standard InChI is InChI=1S/C13H22N2O2/c1-13(2,3)15(5)8-7-14(4)12(16)11-6-9-17-10-11/h6,9-10H,7-8H2,1-5H3. The lowest BCUT2D eigenvalue weighted by molar-refractivity contribution is 0.0756. The van der Waals surface area contributed by atoms with Gasteiger partial charge in [0.2, 0.25) is 0 Å². The average Bonchev–Trinajstić information content (AvgIpc) is 2.76. The predicted molar refractivity (Wildman–Crippen MR) is 68.1 cm³/mol. The zero-order valence-electron chi connectivity index (χ0n) is 11.4. The molecule has 1 aromatic heterocycles. The van der Waals surface area contributed by atoms with Gasteiger partial charge in [-0.15, -0.1) is 0 Å². The van der Waals surface area contributed by atoms with E-state index >= 15 is 0 Å². The van der Waals surface area contributed by atoms with Crippen molar-refractivity contribution in [2.75, 3.05) is 27.2 Å². The Bertz CT molecular complexity index is 352. The summed E-state index contributed by atoms with van der Waals surface area (Å²) in [6.45, 7) is 8.03. The van der Waals surface area contributed by atoms with Gasteiger partial charge in [-0.05, 0) is 33.9 Å². The summed E-state index contributed by atoms with van der Waals surface area (Å²) in [5.74, 6) is 0.000981. The summed E-state index contributed by atoms with van der Waals surface area (Å²) in [4.78, 5) is 15.9. The lowest BCUT2D eigenvalue weighted by Crippen LogP contribution is -2.43. The minimum atomic E-state index is 0.000981. The predicted octanol–water partition coefficient (Wildman–Crippen LogP) is 2.08. The number of amides is 1. The average molecular weight is 238 g/mol. The number of nitrogens with zero attached hydrogens (tertiary/aromatic N) is 2. The van der Waals surface area contributed by atoms with Crippen LogP contribution in [0.1, 0.15) is 31.1 Å². The van der Waals surface area contributed by atoms with Crippen LogP contribution in [0, 0.1) is 0 Å². The van der Waals surface area contributed by atoms with E-state index in [0.717, 1.165) is 6.54 Å². The van der Waals surface area contributed by atoms with Gasteiger partial charge in [0.05, 0.1) is 11.8 Å². The number of hydrogen-bond acceptors (Lipinski definition) is 3. The van der Waals surface area contributed by atoms with Gasteiger partial charge in [-0.3, -0.25) is 9.69 Å². The van der Waals surface area contributed by atoms with Crippen LogP contribution in [0.4, 0.5) is 0 Å². The van der Waals surface area contributed by atoms with E-state index in [0.29, 0.717) is 12.1 Å². The zero-order valence-corrected chi connectivity index (χ0v) is 11.4. The van der Waals surface area contributed by atoms with Crippen molar-refractivity contribution in [1.82, 2.24) is 9.80 Å². The Morgan fingerprint density at radius 3 is 2.41 bits per heavy atom. The largest absolute Gasteiger partial charge is 0.472 e. The fraction of sp³-hybridized carbons (Fsp3) is 0.615. The molecule has 0 aromatic carbocycles. The number of likely N-dealkylation sites (N-methyl/N-ethyl adjacent to an activating group) is 2. The quantitative estimate of drug-likeness (QED) is 0.806. The van der Waals surface area contributed by atoms with Crippen LogP contribution in [0.15, 0.2) is 23.0 Å². The van der Waals surface area contributed by atoms with Crippen LogP contribution >= 0.6 is 0 Å². The van der Waals surface area contributed by atoms with Gasteiger partial charge in [-0.1, -0.05) is 0 Å². The third-order valence-corrected chi connectivity index (χ3v) is 3.03. The van der Waals surface area contributed by atoms with Crippen molar-refractivity contribution in [2.45, 2.75) is 26.3 Å². The first kappa shape index (κ1) is 13.8. The van der Waals surface area contributed by atoms with Gasteiger partial charge in [-0.2, -0.15) is 0 Å². The Morgan fingerprint density at radius 1 is 1.29 bits per heavy atom. The number of hydrogen-bond donors (Lipinski definition) is 0. The van der Waals surface area contributed by atoms with Crippen LogP contribution in [0.5, 0.6) is 0 Å². The monoisotopic (exact) mass is 238 g/mol. The molecular weight excluding hydrogens is 216 g/mol. The third kappa shape index (κ3) is 3.89. The maximum Gasteiger partial charge on any atom is 0.256 e. The van der Waals surface area contributed by atoms with Gasteiger partial charge < -0.3 is 9.32 Å². The highest BCUT2D eigenvalue weighted by Crippen LogP contribution is 2.10. The molecule has 96 valence electrons. The van der Waals surface area contributed by atoms with Crippen LogP contribution in [0.2, 0.25) is 0 Å². The zero-order chi connectivity index (χ0) is 13.1. The molecule has 0 spiro atoms. The van der Waals surface area contributed by atoms with Gasteiger partial charge in [0, 0.05) is 25.7 Å². The first-order chi connectivity index (χ1) is 7.82. The van der Waals surface area contributed by atoms with Crippen molar-refractivity contribution >= 4 is 5.91 Å². The van der Waals surface area contributed by atoms with Crippen LogP contribution in [0.25, 0.3) is 0 Å². The van der Waals surface area contributed by atoms with Crippen molar-refractivity contribution in [1.29, 1.82) is 0 Å². The van der Waals surface area contributed by atoms with Crippen molar-refractivity contribution in [3.05, 3.63) is 24.2 Å². The molecule has 4 heteroatoms. The molecule has 1 aromatic rings. The van der Waals surface area contributed by atoms with Crippen LogP contribution in [0.3, 0.4) is 0 Å². The molecule has 1 amide bonds. The second-order valence-electron chi connectivity index (χ2n) is 5.33. The van der Waals surface area contributed by atoms with Crippen molar-refractivity contribution in [3.8, 4) is 0 Å². The molecule has 0 radical (unpaired) electrons. The second kappa shape index (κ2) is 5.36. The highest BCUT2D eigenvalue weighted by atomic mass is 16.3. The van der Waals surface area contributed by atoms with Gasteiger partial charge >= 0.3 is 0 Å². The van der Waals surface area contributed by atoms with Gasteiger partial charge in [0.1, 0.15) is 6.26 Å². The van der Waals surface area contributed by atoms with Crippen LogP contribution < -0.4 is 0 Å². The van der Waals surface area contributed by atoms with E-state index in [4.69, 9.17) is 4.42 Å². The Morgan fingerprint density at radius 2 is 1.94 bits per heavy atom. The lowest BCUT2D eigenvalue weighted by Gasteiger charge is -2.33. The molecule has 0 aliphatic heterocycles. The van der Waals surface area contributed by atoms with Gasteiger partial charge in [0.15, 0.2) is 0 Å². The van der Waals surface area contributed by atoms with E-state index in [1.165, 1.54) is 12.5 Å². The lowest BCUT2D eigenvalue weighted by atomic mass is 10.1. The van der Waals surface area contributed by atoms with Crippen molar-refractivity contribution < 1.29 is 9.21 Å². The number of carbonyl (C=O) groups excluding carboxylic acids is 1. The molecule has 0 saturated heterocycles. The molecular formula is C13H22N2O2. The molecule has 0 unspecified atom stereocenters. The highest BCUT2D eigenvalue weighted by Gasteiger charge is 2.18. The SMILES string of the molecule is CN(CCN(C)C(C)(C)C)C(=O)c1ccoc1. The molecule has 0 saturated carbocycles. The third-order valence-electron chi connectivity index (χ3n) is 3.03. The minimum Gasteiger partial charge on any atom is -0.472 e. The Hall–Kier alpha value is -1.29. The summed E-state index contributed by atoms with van der Waals surface area (Å²) >= 11 is 0. The molecule has 4 nitrogen and oxygen atoms in total. The summed E-state index contributed by atoms with van der Waals surface area (Å²) in [5.41, 5.74) is 0.727. The number of rotatable bonds is 4. The maximum atomic E-state index is 11.9. The second-order valence-corrected chi connectivity index (χ2v) is 5.33. The topological polar surface area (TPSA) is 36.7 Å². The Kier molecular flexibility index (Phi) is 4.34. The van der Waals surface area contributed by atoms with Crippen molar-refractivity contribution in [3.63, 3.8) is 0 Å². The maximum absolute atomic E-state index is 11.9. The van der Waals surface area contributed by atoms with E-state index < -0.39 is 0 Å². The molecule has 0 aliphatic rings. The summed E-state index contributed by atoms with van der Waals surface area (Å²) in [6, 6.07) is 1.69. The normalized spacial score (nSPS) is 11.9. The smallest absolute Gasteiger partial charge is 0.256 e. The van der Waals surface area contributed by atoms with E-state index in [9.17, 15) is 4.79 Å². The Labute approximate surface area is 103 Å². The molecule has 1 heterocycles. The summed E-state index contributed by atoms with van der Waals surface area (Å²) in [7, 11) is 3.88. The van der Waals surface area contributed by atoms with E-state index in [1.54, 1.807) is 11.0 Å². The van der Waals surface area contributed by atoms with Gasteiger partial charge in [0.25, 0.3) is 5.91 Å². The molecule has 17 heavy (non-hydrogen) atoms. The molecule has 1 rings (SSSR count). The first-order valence-corrected chi connectivity index (χ1v) is 5.81. The van der Waals surface area contributed by atoms with Crippen molar-refractivity contribution in [2.24, 2.45) is 0 Å². The summed E-state index contributed by atoms with van der Waals surface area (Å²) < 4.78 is 4.91. The fourth-order valence-corrected chi connectivity index (χ4v) is 1.34. The fourth-order valence-electron chi connectivity index (χ4n) is 1.34. The molecule has 0 atom stereocenters. The van der Waals surface area contributed by atoms with E-state index in [-0.39, 0.29) is 11.4 Å². The summed E-state index contributed by atoms with van der Waals surface area (Å²) in [6.07, 6.45) is 2.99. The van der Waals surface area contributed by atoms with Crippen LogP contribution in [-0.2, 0) is 0 Å². The van der Waals surface area contributed by atoms with E-state index in [1.807, 2.05) is 7.05 Å². The number of carbonyl (C=O) groups is 1. The molecule has 0 bridgehead atoms. The van der Waals surface area contributed by atoms with Gasteiger partial charge in [-0.25, -0.2) is 0 Å². The number of furan rings is 1. The van der Waals surface area contributed by atoms with E-state index in [2.05, 4.69) is 32.7 Å². The molecule has 0 N–H and O–H groups in total. The highest BCUT2D eigenvalue weighted by molar-refractivity contribution is 5.93. The molecule has 0 fully saturated rings.